The molecular weight excluding hydrogens is 335 g/mol. The van der Waals surface area contributed by atoms with Crippen molar-refractivity contribution < 1.29 is 22.8 Å². The van der Waals surface area contributed by atoms with E-state index in [1.54, 1.807) is 30.3 Å². The zero-order chi connectivity index (χ0) is 18.0. The van der Waals surface area contributed by atoms with Crippen molar-refractivity contribution in [3.63, 3.8) is 0 Å². The Morgan fingerprint density at radius 2 is 1.48 bits per heavy atom. The number of halogens is 3. The van der Waals surface area contributed by atoms with Crippen LogP contribution in [0.4, 0.5) is 24.5 Å². The minimum atomic E-state index is -1.74. The predicted octanol–water partition coefficient (Wildman–Crippen LogP) is 3.23. The SMILES string of the molecule is O=C(Nc1ccc(F)c(F)c1F)C(=O)Nc1cccc2cccnc12. The van der Waals surface area contributed by atoms with E-state index in [0.29, 0.717) is 11.6 Å². The molecule has 3 rings (SSSR count). The maximum Gasteiger partial charge on any atom is 0.314 e. The third-order valence-electron chi connectivity index (χ3n) is 3.37. The van der Waals surface area contributed by atoms with Crippen molar-refractivity contribution in [3.05, 3.63) is 66.1 Å². The number of pyridine rings is 1. The minimum absolute atomic E-state index is 0.281. The van der Waals surface area contributed by atoms with Crippen molar-refractivity contribution in [1.29, 1.82) is 0 Å². The van der Waals surface area contributed by atoms with Crippen LogP contribution in [0.5, 0.6) is 0 Å². The third-order valence-corrected chi connectivity index (χ3v) is 3.37. The largest absolute Gasteiger partial charge is 0.316 e. The van der Waals surface area contributed by atoms with E-state index in [1.165, 1.54) is 6.20 Å². The molecule has 2 amide bonds. The monoisotopic (exact) mass is 345 g/mol. The van der Waals surface area contributed by atoms with Gasteiger partial charge in [0.15, 0.2) is 17.5 Å². The van der Waals surface area contributed by atoms with Gasteiger partial charge < -0.3 is 10.6 Å². The van der Waals surface area contributed by atoms with Gasteiger partial charge in [-0.15, -0.1) is 0 Å². The van der Waals surface area contributed by atoms with Crippen LogP contribution in [-0.4, -0.2) is 16.8 Å². The number of carbonyl (C=O) groups is 2. The predicted molar refractivity (Wildman–Crippen MR) is 85.3 cm³/mol. The molecule has 5 nitrogen and oxygen atoms in total. The molecule has 126 valence electrons. The summed E-state index contributed by atoms with van der Waals surface area (Å²) in [4.78, 5) is 28.0. The molecule has 0 aliphatic rings. The fraction of sp³-hybridized carbons (Fsp3) is 0. The molecule has 0 saturated heterocycles. The van der Waals surface area contributed by atoms with Gasteiger partial charge in [0.05, 0.1) is 16.9 Å². The summed E-state index contributed by atoms with van der Waals surface area (Å²) in [6, 6.07) is 9.92. The number of fused-ring (bicyclic) bond motifs is 1. The average molecular weight is 345 g/mol. The van der Waals surface area contributed by atoms with Crippen LogP contribution < -0.4 is 10.6 Å². The molecule has 0 radical (unpaired) electrons. The maximum absolute atomic E-state index is 13.5. The van der Waals surface area contributed by atoms with Gasteiger partial charge in [0.25, 0.3) is 0 Å². The summed E-state index contributed by atoms with van der Waals surface area (Å²) in [7, 11) is 0. The Hall–Kier alpha value is -3.42. The molecule has 8 heteroatoms. The van der Waals surface area contributed by atoms with Gasteiger partial charge in [0.1, 0.15) is 0 Å². The Labute approximate surface area is 139 Å². The quantitative estimate of drug-likeness (QED) is 0.553. The summed E-state index contributed by atoms with van der Waals surface area (Å²) in [5.41, 5.74) is 0.101. The summed E-state index contributed by atoms with van der Waals surface area (Å²) in [6.07, 6.45) is 1.52. The summed E-state index contributed by atoms with van der Waals surface area (Å²) in [5.74, 6) is -7.08. The first kappa shape index (κ1) is 16.4. The Kier molecular flexibility index (Phi) is 4.34. The van der Waals surface area contributed by atoms with Crippen molar-refractivity contribution in [2.75, 3.05) is 10.6 Å². The number of hydrogen-bond acceptors (Lipinski definition) is 3. The van der Waals surface area contributed by atoms with Crippen molar-refractivity contribution in [2.45, 2.75) is 0 Å². The maximum atomic E-state index is 13.5. The Morgan fingerprint density at radius 1 is 0.800 bits per heavy atom. The Bertz CT molecular complexity index is 987. The van der Waals surface area contributed by atoms with Crippen LogP contribution in [0.1, 0.15) is 0 Å². The van der Waals surface area contributed by atoms with E-state index >= 15 is 0 Å². The van der Waals surface area contributed by atoms with E-state index in [0.717, 1.165) is 11.5 Å². The van der Waals surface area contributed by atoms with E-state index < -0.39 is 35.0 Å². The molecule has 2 N–H and O–H groups in total. The second-order valence-corrected chi connectivity index (χ2v) is 5.01. The molecule has 0 spiro atoms. The number of amides is 2. The minimum Gasteiger partial charge on any atom is -0.316 e. The molecule has 0 aliphatic heterocycles. The molecule has 3 aromatic rings. The van der Waals surface area contributed by atoms with Crippen molar-refractivity contribution >= 4 is 34.1 Å². The highest BCUT2D eigenvalue weighted by Crippen LogP contribution is 2.21. The Balaban J connectivity index is 1.79. The zero-order valence-electron chi connectivity index (χ0n) is 12.5. The fourth-order valence-electron chi connectivity index (χ4n) is 2.19. The number of nitrogens with one attached hydrogen (secondary N) is 2. The van der Waals surface area contributed by atoms with Gasteiger partial charge in [-0.2, -0.15) is 0 Å². The highest BCUT2D eigenvalue weighted by molar-refractivity contribution is 6.44. The first-order chi connectivity index (χ1) is 12.0. The molecule has 0 aliphatic carbocycles. The summed E-state index contributed by atoms with van der Waals surface area (Å²) in [6.45, 7) is 0. The first-order valence-electron chi connectivity index (χ1n) is 7.07. The molecule has 2 aromatic carbocycles. The number of nitrogens with zero attached hydrogens (tertiary/aromatic N) is 1. The summed E-state index contributed by atoms with van der Waals surface area (Å²) < 4.78 is 39.6. The molecule has 0 fully saturated rings. The van der Waals surface area contributed by atoms with E-state index in [2.05, 4.69) is 10.3 Å². The van der Waals surface area contributed by atoms with Gasteiger partial charge in [-0.05, 0) is 24.3 Å². The normalized spacial score (nSPS) is 10.5. The van der Waals surface area contributed by atoms with E-state index in [-0.39, 0.29) is 5.69 Å². The van der Waals surface area contributed by atoms with Crippen LogP contribution in [0, 0.1) is 17.5 Å². The fourth-order valence-corrected chi connectivity index (χ4v) is 2.19. The molecule has 25 heavy (non-hydrogen) atoms. The van der Waals surface area contributed by atoms with E-state index in [9.17, 15) is 22.8 Å². The molecule has 0 bridgehead atoms. The number of anilines is 2. The molecule has 0 atom stereocenters. The van der Waals surface area contributed by atoms with Gasteiger partial charge in [0, 0.05) is 11.6 Å². The zero-order valence-corrected chi connectivity index (χ0v) is 12.5. The van der Waals surface area contributed by atoms with Crippen LogP contribution in [0.25, 0.3) is 10.9 Å². The van der Waals surface area contributed by atoms with Gasteiger partial charge in [-0.3, -0.25) is 14.6 Å². The van der Waals surface area contributed by atoms with Gasteiger partial charge in [0.2, 0.25) is 0 Å². The van der Waals surface area contributed by atoms with E-state index in [4.69, 9.17) is 0 Å². The topological polar surface area (TPSA) is 71.1 Å². The molecule has 0 saturated carbocycles. The molecule has 1 heterocycles. The van der Waals surface area contributed by atoms with E-state index in [1.807, 2.05) is 5.32 Å². The van der Waals surface area contributed by atoms with Crippen LogP contribution in [-0.2, 0) is 9.59 Å². The number of rotatable bonds is 2. The second-order valence-electron chi connectivity index (χ2n) is 5.01. The lowest BCUT2D eigenvalue weighted by atomic mass is 10.2. The van der Waals surface area contributed by atoms with Gasteiger partial charge >= 0.3 is 11.8 Å². The Morgan fingerprint density at radius 3 is 2.24 bits per heavy atom. The van der Waals surface area contributed by atoms with Gasteiger partial charge in [-0.1, -0.05) is 18.2 Å². The third kappa shape index (κ3) is 3.27. The molecule has 1 aromatic heterocycles. The number of hydrogen-bond donors (Lipinski definition) is 2. The lowest BCUT2D eigenvalue weighted by Gasteiger charge is -2.09. The van der Waals surface area contributed by atoms with Crippen LogP contribution >= 0.6 is 0 Å². The number of carbonyl (C=O) groups excluding carboxylic acids is 2. The first-order valence-corrected chi connectivity index (χ1v) is 7.07. The average Bonchev–Trinajstić information content (AvgIpc) is 2.62. The van der Waals surface area contributed by atoms with Crippen molar-refractivity contribution in [3.8, 4) is 0 Å². The van der Waals surface area contributed by atoms with Crippen LogP contribution in [0.2, 0.25) is 0 Å². The van der Waals surface area contributed by atoms with Crippen LogP contribution in [0.3, 0.4) is 0 Å². The number of benzene rings is 2. The lowest BCUT2D eigenvalue weighted by molar-refractivity contribution is -0.133. The molecule has 0 unspecified atom stereocenters. The van der Waals surface area contributed by atoms with Gasteiger partial charge in [-0.25, -0.2) is 13.2 Å². The smallest absolute Gasteiger partial charge is 0.314 e. The molecular formula is C17H10F3N3O2. The number of para-hydroxylation sites is 1. The summed E-state index contributed by atoms with van der Waals surface area (Å²) in [5, 5.41) is 4.98. The highest BCUT2D eigenvalue weighted by atomic mass is 19.2. The van der Waals surface area contributed by atoms with Crippen molar-refractivity contribution in [2.24, 2.45) is 0 Å². The summed E-state index contributed by atoms with van der Waals surface area (Å²) >= 11 is 0. The standard InChI is InChI=1S/C17H10F3N3O2/c18-10-6-7-11(14(20)13(10)19)22-16(24)17(25)23-12-5-1-3-9-4-2-8-21-15(9)12/h1-8H,(H,22,24)(H,23,25). The lowest BCUT2D eigenvalue weighted by Crippen LogP contribution is -2.29. The van der Waals surface area contributed by atoms with Crippen LogP contribution in [0.15, 0.2) is 48.7 Å². The highest BCUT2D eigenvalue weighted by Gasteiger charge is 2.20. The number of aromatic nitrogens is 1. The second kappa shape index (κ2) is 6.60. The van der Waals surface area contributed by atoms with Crippen molar-refractivity contribution in [1.82, 2.24) is 4.98 Å².